The second-order valence-corrected chi connectivity index (χ2v) is 10.6. The largest absolute Gasteiger partial charge is 0.344 e. The summed E-state index contributed by atoms with van der Waals surface area (Å²) < 4.78 is 22.7. The number of aromatic amines is 1. The first-order chi connectivity index (χ1) is 19.0. The summed E-state index contributed by atoms with van der Waals surface area (Å²) in [6.07, 6.45) is 8.91. The van der Waals surface area contributed by atoms with Crippen LogP contribution in [0.4, 0.5) is 4.39 Å². The van der Waals surface area contributed by atoms with E-state index in [1.165, 1.54) is 29.0 Å². The zero-order chi connectivity index (χ0) is 26.9. The minimum Gasteiger partial charge on any atom is -0.344 e. The minimum absolute atomic E-state index is 0.0238. The first-order valence-corrected chi connectivity index (χ1v) is 13.8. The van der Waals surface area contributed by atoms with Crippen LogP contribution in [0.15, 0.2) is 83.6 Å². The summed E-state index contributed by atoms with van der Waals surface area (Å²) in [7, 11) is 0.939. The lowest BCUT2D eigenvalue weighted by Crippen LogP contribution is -2.31. The van der Waals surface area contributed by atoms with E-state index in [1.54, 1.807) is 15.7 Å². The van der Waals surface area contributed by atoms with E-state index >= 15 is 0 Å². The molecule has 4 aromatic rings. The molecule has 3 heterocycles. The maximum absolute atomic E-state index is 14.0. The third-order valence-corrected chi connectivity index (χ3v) is 7.90. The molecule has 39 heavy (non-hydrogen) atoms. The van der Waals surface area contributed by atoms with Crippen molar-refractivity contribution in [2.24, 2.45) is 0 Å². The lowest BCUT2D eigenvalue weighted by atomic mass is 9.73. The van der Waals surface area contributed by atoms with Crippen molar-refractivity contribution in [2.75, 3.05) is 13.2 Å². The number of hydrogen-bond donors (Lipinski definition) is 1. The molecule has 1 aliphatic heterocycles. The topological polar surface area (TPSA) is 80.2 Å². The maximum atomic E-state index is 14.0. The molecule has 1 N–H and O–H groups in total. The molecule has 1 unspecified atom stereocenters. The Hall–Kier alpha value is -4.02. The number of amides is 1. The summed E-state index contributed by atoms with van der Waals surface area (Å²) in [6, 6.07) is 14.0. The molecule has 0 spiro atoms. The molecule has 1 aliphatic carbocycles. The van der Waals surface area contributed by atoms with Gasteiger partial charge in [0.2, 0.25) is 0 Å². The number of nitrogens with one attached hydrogen (secondary N) is 1. The van der Waals surface area contributed by atoms with Gasteiger partial charge in [0.05, 0.1) is 15.9 Å². The number of aromatic nitrogens is 3. The average molecular weight is 540 g/mol. The highest BCUT2D eigenvalue weighted by molar-refractivity contribution is 7.16. The Bertz CT molecular complexity index is 1700. The van der Waals surface area contributed by atoms with E-state index in [0.717, 1.165) is 39.9 Å². The minimum atomic E-state index is -0.626. The number of fused-ring (bicyclic) bond motifs is 1. The number of carbonyl (C=O) groups excluding carboxylic acids is 1. The van der Waals surface area contributed by atoms with E-state index in [1.807, 2.05) is 42.6 Å². The van der Waals surface area contributed by atoms with E-state index in [0.29, 0.717) is 25.1 Å². The fraction of sp³-hybridized carbons (Fsp3) is 0.207. The number of nitrogens with zero attached hydrogens (tertiary/aromatic N) is 3. The Kier molecular flexibility index (Phi) is 6.89. The first kappa shape index (κ1) is 25.3. The first-order valence-electron chi connectivity index (χ1n) is 12.9. The van der Waals surface area contributed by atoms with Crippen molar-refractivity contribution in [3.05, 3.63) is 105 Å². The number of allylic oxidation sites excluding steroid dienone is 6. The van der Waals surface area contributed by atoms with E-state index in [2.05, 4.69) is 23.9 Å². The summed E-state index contributed by atoms with van der Waals surface area (Å²) in [6.45, 7) is 2.53. The van der Waals surface area contributed by atoms with E-state index < -0.39 is 6.23 Å². The highest BCUT2D eigenvalue weighted by atomic mass is 32.1. The van der Waals surface area contributed by atoms with Crippen molar-refractivity contribution in [2.45, 2.75) is 25.9 Å². The number of benzene rings is 2. The quantitative estimate of drug-likeness (QED) is 0.357. The van der Waals surface area contributed by atoms with Gasteiger partial charge in [-0.05, 0) is 60.4 Å². The molecule has 2 aromatic heterocycles. The molecule has 6 rings (SSSR count). The van der Waals surface area contributed by atoms with Gasteiger partial charge in [0.1, 0.15) is 18.1 Å². The number of ether oxygens (including phenoxy) is 1. The van der Waals surface area contributed by atoms with Crippen molar-refractivity contribution in [3.8, 4) is 5.69 Å². The molecule has 1 amide bonds. The Labute approximate surface area is 229 Å². The summed E-state index contributed by atoms with van der Waals surface area (Å²) in [5, 5.41) is 4.89. The van der Waals surface area contributed by atoms with Crippen LogP contribution in [-0.2, 0) is 16.0 Å². The molecule has 1 fully saturated rings. The van der Waals surface area contributed by atoms with Crippen molar-refractivity contribution in [3.63, 3.8) is 0 Å². The average Bonchev–Trinajstić information content (AvgIpc) is 3.60. The fourth-order valence-electron chi connectivity index (χ4n) is 4.94. The predicted octanol–water partition coefficient (Wildman–Crippen LogP) is 4.18. The van der Waals surface area contributed by atoms with Gasteiger partial charge < -0.3 is 14.6 Å². The lowest BCUT2D eigenvalue weighted by molar-refractivity contribution is -0.128. The van der Waals surface area contributed by atoms with Crippen LogP contribution in [0.1, 0.15) is 29.5 Å². The SMILES string of the molecule is CBc1ccc(-n2cc(C3OCC(=O)N3CCc3ccc4[nH]c(=O)sc4c3)c(C3=CCC=C(F)C=C3)n2)cc1. The smallest absolute Gasteiger partial charge is 0.305 e. The standard InChI is InChI=1S/C29H26BFN4O3S/c1-30-20-7-10-22(11-8-20)35-16-23(27(33-35)19-3-2-4-21(31)9-6-19)28-34(26(36)17-38-28)14-13-18-5-12-24-25(15-18)39-29(37)32-24/h3-12,15-16,28,30H,2,13-14,17H2,1H3,(H,32,37). The van der Waals surface area contributed by atoms with Crippen molar-refractivity contribution >= 4 is 45.8 Å². The van der Waals surface area contributed by atoms with Gasteiger partial charge in [0.25, 0.3) is 5.91 Å². The fourth-order valence-corrected chi connectivity index (χ4v) is 5.74. The van der Waals surface area contributed by atoms with Gasteiger partial charge in [0.15, 0.2) is 13.5 Å². The van der Waals surface area contributed by atoms with Gasteiger partial charge >= 0.3 is 4.87 Å². The van der Waals surface area contributed by atoms with Crippen LogP contribution in [0.5, 0.6) is 0 Å². The molecular formula is C29H26BFN4O3S. The molecule has 1 saturated heterocycles. The zero-order valence-corrected chi connectivity index (χ0v) is 22.2. The lowest BCUT2D eigenvalue weighted by Gasteiger charge is -2.23. The zero-order valence-electron chi connectivity index (χ0n) is 21.4. The molecule has 0 saturated carbocycles. The molecule has 196 valence electrons. The van der Waals surface area contributed by atoms with Gasteiger partial charge in [-0.1, -0.05) is 54.0 Å². The number of thiazole rings is 1. The van der Waals surface area contributed by atoms with Crippen molar-refractivity contribution in [1.82, 2.24) is 19.7 Å². The van der Waals surface area contributed by atoms with Crippen LogP contribution in [-0.4, -0.2) is 46.0 Å². The highest BCUT2D eigenvalue weighted by Gasteiger charge is 2.36. The Balaban J connectivity index is 1.33. The molecule has 7 nitrogen and oxygen atoms in total. The molecule has 0 bridgehead atoms. The molecule has 1 atom stereocenters. The molecule has 2 aromatic carbocycles. The Morgan fingerprint density at radius 2 is 2.00 bits per heavy atom. The summed E-state index contributed by atoms with van der Waals surface area (Å²) in [5.41, 5.74) is 6.12. The van der Waals surface area contributed by atoms with Gasteiger partial charge in [-0.3, -0.25) is 9.59 Å². The van der Waals surface area contributed by atoms with Crippen molar-refractivity contribution < 1.29 is 13.9 Å². The Morgan fingerprint density at radius 1 is 1.15 bits per heavy atom. The third-order valence-electron chi connectivity index (χ3n) is 7.06. The van der Waals surface area contributed by atoms with Crippen LogP contribution >= 0.6 is 11.3 Å². The van der Waals surface area contributed by atoms with E-state index in [9.17, 15) is 14.0 Å². The number of H-pyrrole nitrogens is 1. The van der Waals surface area contributed by atoms with Crippen LogP contribution in [0.25, 0.3) is 21.5 Å². The molecule has 0 radical (unpaired) electrons. The third kappa shape index (κ3) is 5.17. The maximum Gasteiger partial charge on any atom is 0.305 e. The van der Waals surface area contributed by atoms with Gasteiger partial charge in [0, 0.05) is 18.3 Å². The van der Waals surface area contributed by atoms with Gasteiger partial charge in [-0.25, -0.2) is 9.07 Å². The van der Waals surface area contributed by atoms with E-state index in [4.69, 9.17) is 9.84 Å². The van der Waals surface area contributed by atoms with Crippen molar-refractivity contribution in [1.29, 1.82) is 0 Å². The monoisotopic (exact) mass is 540 g/mol. The summed E-state index contributed by atoms with van der Waals surface area (Å²) in [5.74, 6) is -0.396. The van der Waals surface area contributed by atoms with Gasteiger partial charge in [-0.15, -0.1) is 0 Å². The summed E-state index contributed by atoms with van der Waals surface area (Å²) in [4.78, 5) is 29.1. The molecular weight excluding hydrogens is 514 g/mol. The number of rotatable bonds is 7. The number of hydrogen-bond acceptors (Lipinski definition) is 5. The predicted molar refractivity (Wildman–Crippen MR) is 154 cm³/mol. The van der Waals surface area contributed by atoms with Crippen LogP contribution < -0.4 is 10.3 Å². The molecule has 2 aliphatic rings. The highest BCUT2D eigenvalue weighted by Crippen LogP contribution is 2.35. The normalized spacial score (nSPS) is 17.4. The van der Waals surface area contributed by atoms with Crippen LogP contribution in [0.2, 0.25) is 6.82 Å². The van der Waals surface area contributed by atoms with E-state index in [-0.39, 0.29) is 23.2 Å². The van der Waals surface area contributed by atoms with Crippen LogP contribution in [0, 0.1) is 0 Å². The molecule has 10 heteroatoms. The second-order valence-electron chi connectivity index (χ2n) is 9.56. The second kappa shape index (κ2) is 10.6. The summed E-state index contributed by atoms with van der Waals surface area (Å²) >= 11 is 1.17. The van der Waals surface area contributed by atoms with Crippen LogP contribution in [0.3, 0.4) is 0 Å². The number of halogens is 1. The number of carbonyl (C=O) groups is 1. The van der Waals surface area contributed by atoms with Gasteiger partial charge in [-0.2, -0.15) is 5.10 Å². The Morgan fingerprint density at radius 3 is 2.82 bits per heavy atom.